The van der Waals surface area contributed by atoms with E-state index in [1.54, 1.807) is 26.0 Å². The van der Waals surface area contributed by atoms with Crippen molar-refractivity contribution in [3.63, 3.8) is 0 Å². The summed E-state index contributed by atoms with van der Waals surface area (Å²) in [6, 6.07) is 9.11. The molecule has 0 fully saturated rings. The van der Waals surface area contributed by atoms with Crippen molar-refractivity contribution in [1.82, 2.24) is 0 Å². The number of carbonyl (C=O) groups excluding carboxylic acids is 2. The number of carbonyl (C=O) groups is 2. The van der Waals surface area contributed by atoms with Crippen molar-refractivity contribution in [1.29, 1.82) is 0 Å². The molecule has 0 bridgehead atoms. The summed E-state index contributed by atoms with van der Waals surface area (Å²) in [6.45, 7) is 3.66. The number of ether oxygens (including phenoxy) is 2. The molecular weight excluding hydrogens is 318 g/mol. The van der Waals surface area contributed by atoms with E-state index in [-0.39, 0.29) is 23.7 Å². The molecule has 0 atom stereocenters. The first-order valence-corrected chi connectivity index (χ1v) is 7.92. The second-order valence-electron chi connectivity index (χ2n) is 4.42. The highest BCUT2D eigenvalue weighted by Crippen LogP contribution is 2.41. The van der Waals surface area contributed by atoms with E-state index in [0.717, 1.165) is 17.0 Å². The Hall–Kier alpha value is -2.54. The molecule has 23 heavy (non-hydrogen) atoms. The van der Waals surface area contributed by atoms with Crippen LogP contribution < -0.4 is 5.32 Å². The topological polar surface area (TPSA) is 84.9 Å². The zero-order valence-electron chi connectivity index (χ0n) is 12.8. The minimum atomic E-state index is -0.699. The average molecular weight is 335 g/mol. The molecular formula is C16H17NO5S. The smallest absolute Gasteiger partial charge is 0.352 e. The third kappa shape index (κ3) is 3.81. The van der Waals surface area contributed by atoms with Gasteiger partial charge in [-0.3, -0.25) is 0 Å². The van der Waals surface area contributed by atoms with Crippen LogP contribution in [0.2, 0.25) is 0 Å². The fraction of sp³-hybridized carbons (Fsp3) is 0.250. The quantitative estimate of drug-likeness (QED) is 0.785. The molecule has 0 amide bonds. The molecule has 0 spiro atoms. The van der Waals surface area contributed by atoms with Gasteiger partial charge in [0.15, 0.2) is 10.6 Å². The van der Waals surface area contributed by atoms with Crippen LogP contribution >= 0.6 is 11.3 Å². The third-order valence-electron chi connectivity index (χ3n) is 2.86. The number of nitrogens with one attached hydrogen (secondary N) is 1. The van der Waals surface area contributed by atoms with Gasteiger partial charge in [0, 0.05) is 5.69 Å². The summed E-state index contributed by atoms with van der Waals surface area (Å²) in [5, 5.41) is 13.6. The predicted octanol–water partition coefficient (Wildman–Crippen LogP) is 3.55. The molecule has 0 saturated carbocycles. The summed E-state index contributed by atoms with van der Waals surface area (Å²) in [5.74, 6) is -1.80. The minimum absolute atomic E-state index is 0.0339. The molecule has 0 unspecified atom stereocenters. The third-order valence-corrected chi connectivity index (χ3v) is 3.93. The molecule has 0 radical (unpaired) electrons. The van der Waals surface area contributed by atoms with Crippen molar-refractivity contribution in [2.45, 2.75) is 13.8 Å². The van der Waals surface area contributed by atoms with E-state index in [4.69, 9.17) is 9.47 Å². The molecule has 1 aromatic carbocycles. The lowest BCUT2D eigenvalue weighted by Crippen LogP contribution is -2.07. The Morgan fingerprint density at radius 2 is 1.70 bits per heavy atom. The lowest BCUT2D eigenvalue weighted by Gasteiger charge is -2.07. The maximum Gasteiger partial charge on any atom is 0.352 e. The van der Waals surface area contributed by atoms with Crippen LogP contribution in [0.15, 0.2) is 30.3 Å². The van der Waals surface area contributed by atoms with Gasteiger partial charge in [0.05, 0.1) is 13.2 Å². The number of para-hydroxylation sites is 1. The molecule has 2 aromatic rings. The first-order chi connectivity index (χ1) is 11.1. The Kier molecular flexibility index (Phi) is 5.59. The fourth-order valence-corrected chi connectivity index (χ4v) is 2.89. The maximum atomic E-state index is 12.1. The van der Waals surface area contributed by atoms with Gasteiger partial charge in [-0.15, -0.1) is 11.3 Å². The second kappa shape index (κ2) is 7.64. The van der Waals surface area contributed by atoms with Gasteiger partial charge in [-0.25, -0.2) is 9.59 Å². The van der Waals surface area contributed by atoms with Crippen LogP contribution in [0.5, 0.6) is 5.75 Å². The monoisotopic (exact) mass is 335 g/mol. The first-order valence-electron chi connectivity index (χ1n) is 7.10. The minimum Gasteiger partial charge on any atom is -0.505 e. The second-order valence-corrected chi connectivity index (χ2v) is 5.44. The molecule has 7 heteroatoms. The first kappa shape index (κ1) is 16.8. The van der Waals surface area contributed by atoms with E-state index < -0.39 is 17.7 Å². The summed E-state index contributed by atoms with van der Waals surface area (Å²) in [5.41, 5.74) is 0.651. The summed E-state index contributed by atoms with van der Waals surface area (Å²) < 4.78 is 9.85. The van der Waals surface area contributed by atoms with E-state index in [1.165, 1.54) is 0 Å². The SMILES string of the molecule is CCOC(=O)c1sc(Nc2ccccc2)c(C(=O)OCC)c1O. The number of hydrogen-bond acceptors (Lipinski definition) is 7. The van der Waals surface area contributed by atoms with E-state index in [1.807, 2.05) is 18.2 Å². The van der Waals surface area contributed by atoms with Crippen molar-refractivity contribution in [3.8, 4) is 5.75 Å². The summed E-state index contributed by atoms with van der Waals surface area (Å²) >= 11 is 0.947. The molecule has 0 aliphatic rings. The van der Waals surface area contributed by atoms with Gasteiger partial charge in [0.25, 0.3) is 0 Å². The average Bonchev–Trinajstić information content (AvgIpc) is 2.85. The van der Waals surface area contributed by atoms with Crippen LogP contribution in [0.4, 0.5) is 10.7 Å². The zero-order valence-corrected chi connectivity index (χ0v) is 13.6. The van der Waals surface area contributed by atoms with Gasteiger partial charge in [-0.05, 0) is 26.0 Å². The molecule has 0 aliphatic carbocycles. The summed E-state index contributed by atoms with van der Waals surface area (Å²) in [4.78, 5) is 24.0. The zero-order chi connectivity index (χ0) is 16.8. The Bertz CT molecular complexity index is 696. The largest absolute Gasteiger partial charge is 0.505 e. The van der Waals surface area contributed by atoms with Gasteiger partial charge in [0.1, 0.15) is 10.6 Å². The Balaban J connectivity index is 2.43. The maximum absolute atomic E-state index is 12.1. The van der Waals surface area contributed by atoms with Crippen molar-refractivity contribution in [3.05, 3.63) is 40.8 Å². The van der Waals surface area contributed by atoms with Gasteiger partial charge in [0.2, 0.25) is 0 Å². The Morgan fingerprint density at radius 3 is 2.30 bits per heavy atom. The fourth-order valence-electron chi connectivity index (χ4n) is 1.89. The van der Waals surface area contributed by atoms with E-state index in [9.17, 15) is 14.7 Å². The highest BCUT2D eigenvalue weighted by atomic mass is 32.1. The lowest BCUT2D eigenvalue weighted by atomic mass is 10.2. The normalized spacial score (nSPS) is 10.2. The number of anilines is 2. The van der Waals surface area contributed by atoms with Crippen molar-refractivity contribution in [2.75, 3.05) is 18.5 Å². The van der Waals surface area contributed by atoms with Gasteiger partial charge in [-0.1, -0.05) is 18.2 Å². The molecule has 0 saturated heterocycles. The highest BCUT2D eigenvalue weighted by molar-refractivity contribution is 7.18. The number of thiophene rings is 1. The van der Waals surface area contributed by atoms with E-state index >= 15 is 0 Å². The standard InChI is InChI=1S/C16H17NO5S/c1-3-21-15(19)11-12(18)13(16(20)22-4-2)23-14(11)17-10-8-6-5-7-9-10/h5-9,17-18H,3-4H2,1-2H3. The van der Waals surface area contributed by atoms with E-state index in [2.05, 4.69) is 5.32 Å². The van der Waals surface area contributed by atoms with Crippen molar-refractivity contribution >= 4 is 34.0 Å². The van der Waals surface area contributed by atoms with Crippen molar-refractivity contribution in [2.24, 2.45) is 0 Å². The highest BCUT2D eigenvalue weighted by Gasteiger charge is 2.29. The number of esters is 2. The van der Waals surface area contributed by atoms with Crippen LogP contribution in [0.3, 0.4) is 0 Å². The van der Waals surface area contributed by atoms with Crippen molar-refractivity contribution < 1.29 is 24.2 Å². The molecule has 1 heterocycles. The lowest BCUT2D eigenvalue weighted by molar-refractivity contribution is 0.0524. The molecule has 0 aliphatic heterocycles. The molecule has 2 N–H and O–H groups in total. The molecule has 6 nitrogen and oxygen atoms in total. The summed E-state index contributed by atoms with van der Waals surface area (Å²) in [7, 11) is 0. The number of rotatable bonds is 6. The van der Waals surface area contributed by atoms with Gasteiger partial charge in [-0.2, -0.15) is 0 Å². The Morgan fingerprint density at radius 1 is 1.09 bits per heavy atom. The van der Waals surface area contributed by atoms with E-state index in [0.29, 0.717) is 5.00 Å². The van der Waals surface area contributed by atoms with Crippen LogP contribution in [0.25, 0.3) is 0 Å². The molecule has 122 valence electrons. The Labute approximate surface area is 137 Å². The molecule has 2 rings (SSSR count). The predicted molar refractivity (Wildman–Crippen MR) is 87.6 cm³/mol. The van der Waals surface area contributed by atoms with Crippen LogP contribution in [0.1, 0.15) is 33.9 Å². The van der Waals surface area contributed by atoms with Gasteiger partial charge >= 0.3 is 11.9 Å². The number of aromatic hydroxyl groups is 1. The summed E-state index contributed by atoms with van der Waals surface area (Å²) in [6.07, 6.45) is 0. The van der Waals surface area contributed by atoms with Crippen LogP contribution in [0, 0.1) is 0 Å². The number of hydrogen-bond donors (Lipinski definition) is 2. The van der Waals surface area contributed by atoms with Crippen LogP contribution in [-0.4, -0.2) is 30.3 Å². The van der Waals surface area contributed by atoms with Crippen LogP contribution in [-0.2, 0) is 9.47 Å². The van der Waals surface area contributed by atoms with Gasteiger partial charge < -0.3 is 19.9 Å². The number of benzene rings is 1. The molecule has 1 aromatic heterocycles.